The summed E-state index contributed by atoms with van der Waals surface area (Å²) in [6.45, 7) is 6.91. The molecular weight excluding hydrogens is 508 g/mol. The van der Waals surface area contributed by atoms with Gasteiger partial charge in [0, 0.05) is 13.0 Å². The number of likely N-dealkylation sites (tertiary alicyclic amines) is 1. The van der Waals surface area contributed by atoms with E-state index < -0.39 is 0 Å². The van der Waals surface area contributed by atoms with Crippen LogP contribution in [0.5, 0.6) is 0 Å². The minimum absolute atomic E-state index is 0.0957. The van der Waals surface area contributed by atoms with Crippen LogP contribution < -0.4 is 5.32 Å². The molecule has 0 bridgehead atoms. The van der Waals surface area contributed by atoms with Gasteiger partial charge < -0.3 is 20.2 Å². The van der Waals surface area contributed by atoms with Gasteiger partial charge in [-0.3, -0.25) is 4.79 Å². The molecule has 1 atom stereocenters. The molecule has 3 heterocycles. The number of hydrogen-bond acceptors (Lipinski definition) is 4. The van der Waals surface area contributed by atoms with Gasteiger partial charge in [0.05, 0.1) is 36.4 Å². The summed E-state index contributed by atoms with van der Waals surface area (Å²) in [4.78, 5) is 31.0. The molecule has 216 valence electrons. The summed E-state index contributed by atoms with van der Waals surface area (Å²) < 4.78 is 0. The molecule has 1 unspecified atom stereocenters. The molecule has 2 aromatic heterocycles. The van der Waals surface area contributed by atoms with Crippen LogP contribution in [0, 0.1) is 0 Å². The van der Waals surface area contributed by atoms with E-state index in [9.17, 15) is 4.79 Å². The Morgan fingerprint density at radius 2 is 1.59 bits per heavy atom. The number of carbonyl (C=O) groups excluding carboxylic acids is 1. The lowest BCUT2D eigenvalue weighted by molar-refractivity contribution is -0.132. The number of allylic oxidation sites excluding steroid dienone is 10. The van der Waals surface area contributed by atoms with Gasteiger partial charge in [0.1, 0.15) is 11.6 Å². The number of rotatable bonds is 10. The fraction of sp³-hybridized carbons (Fsp3) is 0.500. The number of H-pyrrole nitrogens is 2. The van der Waals surface area contributed by atoms with Crippen LogP contribution >= 0.6 is 0 Å². The van der Waals surface area contributed by atoms with Crippen molar-refractivity contribution in [3.8, 4) is 0 Å². The molecule has 0 radical (unpaired) electrons. The van der Waals surface area contributed by atoms with Gasteiger partial charge >= 0.3 is 0 Å². The van der Waals surface area contributed by atoms with E-state index in [4.69, 9.17) is 4.98 Å². The number of aromatic amines is 2. The number of aromatic nitrogens is 4. The van der Waals surface area contributed by atoms with Crippen LogP contribution in [-0.2, 0) is 11.3 Å². The highest BCUT2D eigenvalue weighted by molar-refractivity contribution is 5.77. The van der Waals surface area contributed by atoms with Crippen molar-refractivity contribution in [1.82, 2.24) is 30.2 Å². The maximum Gasteiger partial charge on any atom is 0.223 e. The quantitative estimate of drug-likeness (QED) is 0.274. The number of amides is 1. The summed E-state index contributed by atoms with van der Waals surface area (Å²) in [6.07, 6.45) is 24.6. The van der Waals surface area contributed by atoms with Gasteiger partial charge in [0.2, 0.25) is 5.91 Å². The summed E-state index contributed by atoms with van der Waals surface area (Å²) in [5.74, 6) is 2.22. The number of nitrogens with zero attached hydrogens (tertiary/aromatic N) is 3. The van der Waals surface area contributed by atoms with Crippen LogP contribution in [0.3, 0.4) is 0 Å². The molecule has 4 aliphatic rings. The van der Waals surface area contributed by atoms with E-state index >= 15 is 0 Å². The van der Waals surface area contributed by atoms with Crippen molar-refractivity contribution in [3.63, 3.8) is 0 Å². The Labute approximate surface area is 244 Å². The topological polar surface area (TPSA) is 89.7 Å². The predicted octanol–water partition coefficient (Wildman–Crippen LogP) is 7.09. The Balaban J connectivity index is 1.13. The fourth-order valence-corrected chi connectivity index (χ4v) is 6.72. The lowest BCUT2D eigenvalue weighted by Gasteiger charge is -2.26. The number of hydrogen-bond donors (Lipinski definition) is 3. The first-order valence-corrected chi connectivity index (χ1v) is 15.8. The molecule has 2 aromatic rings. The van der Waals surface area contributed by atoms with Gasteiger partial charge in [-0.1, -0.05) is 38.2 Å². The van der Waals surface area contributed by atoms with E-state index in [1.165, 1.54) is 33.4 Å². The first-order valence-electron chi connectivity index (χ1n) is 15.8. The van der Waals surface area contributed by atoms with Crippen molar-refractivity contribution in [2.45, 2.75) is 97.1 Å². The highest BCUT2D eigenvalue weighted by Crippen LogP contribution is 2.41. The molecule has 3 N–H and O–H groups in total. The second-order valence-electron chi connectivity index (χ2n) is 11.9. The average molecular weight is 553 g/mol. The van der Waals surface area contributed by atoms with Gasteiger partial charge in [-0.2, -0.15) is 0 Å². The molecule has 41 heavy (non-hydrogen) atoms. The normalized spacial score (nSPS) is 20.9. The van der Waals surface area contributed by atoms with E-state index in [0.717, 1.165) is 107 Å². The van der Waals surface area contributed by atoms with E-state index in [1.54, 1.807) is 0 Å². The SMILES string of the molecule is CCCNCc1ncc(C2=CC=C(C3=CC4=C(C=C(c5cnc(C6CCCN6C(=O)CCC)[nH]5)CC4)CC3)CC2)[nH]1. The second-order valence-corrected chi connectivity index (χ2v) is 11.9. The third kappa shape index (κ3) is 6.10. The molecule has 7 nitrogen and oxygen atoms in total. The van der Waals surface area contributed by atoms with Crippen LogP contribution in [0.1, 0.15) is 114 Å². The van der Waals surface area contributed by atoms with Gasteiger partial charge in [0.25, 0.3) is 0 Å². The molecule has 0 saturated carbocycles. The van der Waals surface area contributed by atoms with Crippen molar-refractivity contribution in [2.75, 3.05) is 13.1 Å². The third-order valence-electron chi connectivity index (χ3n) is 8.99. The summed E-state index contributed by atoms with van der Waals surface area (Å²) in [5, 5.41) is 3.42. The smallest absolute Gasteiger partial charge is 0.223 e. The summed E-state index contributed by atoms with van der Waals surface area (Å²) in [7, 11) is 0. The predicted molar refractivity (Wildman–Crippen MR) is 165 cm³/mol. The largest absolute Gasteiger partial charge is 0.341 e. The van der Waals surface area contributed by atoms with Crippen LogP contribution in [0.15, 0.2) is 59.0 Å². The second kappa shape index (κ2) is 12.6. The Hall–Kier alpha value is -3.45. The van der Waals surface area contributed by atoms with Crippen molar-refractivity contribution < 1.29 is 4.79 Å². The zero-order valence-electron chi connectivity index (χ0n) is 24.7. The van der Waals surface area contributed by atoms with Crippen LogP contribution in [-0.4, -0.2) is 43.8 Å². The first-order chi connectivity index (χ1) is 20.1. The third-order valence-corrected chi connectivity index (χ3v) is 8.99. The number of carbonyl (C=O) groups is 1. The monoisotopic (exact) mass is 552 g/mol. The van der Waals surface area contributed by atoms with E-state index in [2.05, 4.69) is 58.4 Å². The molecule has 1 amide bonds. The molecule has 3 aliphatic carbocycles. The molecule has 1 saturated heterocycles. The van der Waals surface area contributed by atoms with Crippen molar-refractivity contribution in [1.29, 1.82) is 0 Å². The highest BCUT2D eigenvalue weighted by Gasteiger charge is 2.31. The summed E-state index contributed by atoms with van der Waals surface area (Å²) >= 11 is 0. The minimum Gasteiger partial charge on any atom is -0.341 e. The lowest BCUT2D eigenvalue weighted by Crippen LogP contribution is -2.30. The van der Waals surface area contributed by atoms with Crippen molar-refractivity contribution in [3.05, 3.63) is 82.0 Å². The molecule has 0 aromatic carbocycles. The van der Waals surface area contributed by atoms with Crippen LogP contribution in [0.25, 0.3) is 11.1 Å². The maximum atomic E-state index is 12.6. The molecule has 0 spiro atoms. The molecular formula is C34H44N6O. The molecule has 1 aliphatic heterocycles. The zero-order chi connectivity index (χ0) is 28.2. The van der Waals surface area contributed by atoms with Crippen LogP contribution in [0.4, 0.5) is 0 Å². The van der Waals surface area contributed by atoms with Crippen LogP contribution in [0.2, 0.25) is 0 Å². The minimum atomic E-state index is 0.0957. The molecule has 7 heteroatoms. The van der Waals surface area contributed by atoms with Crippen molar-refractivity contribution >= 4 is 17.1 Å². The number of imidazole rings is 2. The Morgan fingerprint density at radius 3 is 2.37 bits per heavy atom. The highest BCUT2D eigenvalue weighted by atomic mass is 16.2. The maximum absolute atomic E-state index is 12.6. The van der Waals surface area contributed by atoms with E-state index in [0.29, 0.717) is 6.42 Å². The van der Waals surface area contributed by atoms with E-state index in [1.807, 2.05) is 17.3 Å². The first kappa shape index (κ1) is 27.7. The zero-order valence-corrected chi connectivity index (χ0v) is 24.7. The van der Waals surface area contributed by atoms with E-state index in [-0.39, 0.29) is 11.9 Å². The Morgan fingerprint density at radius 1 is 0.878 bits per heavy atom. The number of nitrogens with one attached hydrogen (secondary N) is 3. The Bertz CT molecular complexity index is 1430. The van der Waals surface area contributed by atoms with Gasteiger partial charge in [-0.15, -0.1) is 0 Å². The summed E-state index contributed by atoms with van der Waals surface area (Å²) in [5.41, 5.74) is 10.9. The van der Waals surface area contributed by atoms with Gasteiger partial charge in [-0.25, -0.2) is 9.97 Å². The standard InChI is InChI=1S/C34H44N6O/c1-3-6-33(41)40-17-5-7-31(40)34-37-21-30(39-34)28-15-14-26-18-25(12-13-27(26)19-28)23-8-10-24(11-9-23)29-20-36-32(38-29)22-35-16-4-2/h8,10,18-21,31,35H,3-7,9,11-17,22H2,1-2H3,(H,36,38)(H,37,39). The lowest BCUT2D eigenvalue weighted by atomic mass is 9.80. The molecule has 1 fully saturated rings. The van der Waals surface area contributed by atoms with Crippen molar-refractivity contribution in [2.24, 2.45) is 0 Å². The molecule has 6 rings (SSSR count). The Kier molecular flexibility index (Phi) is 8.51. The van der Waals surface area contributed by atoms with Gasteiger partial charge in [0.15, 0.2) is 0 Å². The summed E-state index contributed by atoms with van der Waals surface area (Å²) in [6, 6.07) is 0.0957. The fourth-order valence-electron chi connectivity index (χ4n) is 6.72. The average Bonchev–Trinajstić information content (AvgIpc) is 3.78. The van der Waals surface area contributed by atoms with Gasteiger partial charge in [-0.05, 0) is 104 Å².